The van der Waals surface area contributed by atoms with Crippen molar-refractivity contribution in [2.45, 2.75) is 20.4 Å². The van der Waals surface area contributed by atoms with Crippen LogP contribution in [0, 0.1) is 6.92 Å². The van der Waals surface area contributed by atoms with Gasteiger partial charge in [-0.25, -0.2) is 14.3 Å². The van der Waals surface area contributed by atoms with E-state index in [1.165, 1.54) is 0 Å². The van der Waals surface area contributed by atoms with Gasteiger partial charge in [-0.3, -0.25) is 4.98 Å². The van der Waals surface area contributed by atoms with E-state index in [1.807, 2.05) is 61.5 Å². The molecule has 8 nitrogen and oxygen atoms in total. The number of amides is 2. The quantitative estimate of drug-likeness (QED) is 0.392. The van der Waals surface area contributed by atoms with Crippen LogP contribution in [-0.4, -0.2) is 33.4 Å². The molecule has 0 aliphatic rings. The Balaban J connectivity index is 1.54. The third-order valence-electron chi connectivity index (χ3n) is 5.19. The van der Waals surface area contributed by atoms with Gasteiger partial charge in [0.05, 0.1) is 12.3 Å². The van der Waals surface area contributed by atoms with Crippen molar-refractivity contribution in [1.82, 2.24) is 20.1 Å². The summed E-state index contributed by atoms with van der Waals surface area (Å²) in [4.78, 5) is 28.9. The van der Waals surface area contributed by atoms with Gasteiger partial charge in [-0.2, -0.15) is 5.10 Å². The molecule has 2 heterocycles. The molecule has 0 radical (unpaired) electrons. The van der Waals surface area contributed by atoms with E-state index in [9.17, 15) is 9.59 Å². The number of hydrogen-bond donors (Lipinski definition) is 2. The van der Waals surface area contributed by atoms with E-state index in [2.05, 4.69) is 20.7 Å². The summed E-state index contributed by atoms with van der Waals surface area (Å²) in [7, 11) is 0. The monoisotopic (exact) mass is 455 g/mol. The Morgan fingerprint density at radius 1 is 1.00 bits per heavy atom. The second-order valence-corrected chi connectivity index (χ2v) is 7.52. The van der Waals surface area contributed by atoms with E-state index in [0.29, 0.717) is 12.2 Å². The van der Waals surface area contributed by atoms with Crippen molar-refractivity contribution in [2.24, 2.45) is 0 Å². The van der Waals surface area contributed by atoms with Crippen LogP contribution >= 0.6 is 0 Å². The molecule has 2 amide bonds. The summed E-state index contributed by atoms with van der Waals surface area (Å²) < 4.78 is 6.95. The minimum absolute atomic E-state index is 0.266. The van der Waals surface area contributed by atoms with E-state index in [-0.39, 0.29) is 18.3 Å². The molecular weight excluding hydrogens is 430 g/mol. The number of esters is 1. The van der Waals surface area contributed by atoms with Crippen molar-refractivity contribution in [3.05, 3.63) is 96.1 Å². The average molecular weight is 456 g/mol. The zero-order chi connectivity index (χ0) is 23.9. The van der Waals surface area contributed by atoms with Crippen molar-refractivity contribution in [2.75, 3.05) is 11.9 Å². The average Bonchev–Trinajstić information content (AvgIpc) is 3.22. The fourth-order valence-electron chi connectivity index (χ4n) is 3.59. The van der Waals surface area contributed by atoms with Crippen molar-refractivity contribution in [1.29, 1.82) is 0 Å². The number of anilines is 1. The number of carbonyl (C=O) groups excluding carboxylic acids is 2. The van der Waals surface area contributed by atoms with Crippen LogP contribution < -0.4 is 10.6 Å². The Bertz CT molecular complexity index is 1270. The summed E-state index contributed by atoms with van der Waals surface area (Å²) in [6.45, 7) is 4.32. The van der Waals surface area contributed by atoms with Gasteiger partial charge >= 0.3 is 12.0 Å². The van der Waals surface area contributed by atoms with Crippen LogP contribution in [0.25, 0.3) is 16.8 Å². The Morgan fingerprint density at radius 3 is 2.44 bits per heavy atom. The van der Waals surface area contributed by atoms with Crippen LogP contribution in [-0.2, 0) is 11.3 Å². The van der Waals surface area contributed by atoms with Crippen LogP contribution in [0.3, 0.4) is 0 Å². The van der Waals surface area contributed by atoms with Gasteiger partial charge in [0.15, 0.2) is 5.69 Å². The SMILES string of the molecule is CCOC(=O)c1nn(-c2ccc(NC(=O)NCc3cccnc3)cc2)c(C)c1-c1ccccc1. The molecule has 0 aliphatic carbocycles. The molecule has 0 saturated heterocycles. The predicted octanol–water partition coefficient (Wildman–Crippen LogP) is 4.74. The molecule has 4 rings (SSSR count). The molecule has 0 fully saturated rings. The van der Waals surface area contributed by atoms with Gasteiger partial charge < -0.3 is 15.4 Å². The molecule has 0 atom stereocenters. The Labute approximate surface area is 197 Å². The van der Waals surface area contributed by atoms with Gasteiger partial charge in [0.2, 0.25) is 0 Å². The molecular formula is C26H25N5O3. The smallest absolute Gasteiger partial charge is 0.359 e. The zero-order valence-corrected chi connectivity index (χ0v) is 19.0. The minimum Gasteiger partial charge on any atom is -0.461 e. The van der Waals surface area contributed by atoms with Crippen LogP contribution in [0.4, 0.5) is 10.5 Å². The number of pyridine rings is 1. The molecule has 0 bridgehead atoms. The number of hydrogen-bond acceptors (Lipinski definition) is 5. The Hall–Kier alpha value is -4.46. The zero-order valence-electron chi connectivity index (χ0n) is 19.0. The maximum absolute atomic E-state index is 12.6. The van der Waals surface area contributed by atoms with Crippen molar-refractivity contribution < 1.29 is 14.3 Å². The Morgan fingerprint density at radius 2 is 1.76 bits per heavy atom. The van der Waals surface area contributed by atoms with Crippen molar-refractivity contribution in [3.63, 3.8) is 0 Å². The maximum atomic E-state index is 12.6. The first kappa shape index (κ1) is 22.7. The van der Waals surface area contributed by atoms with Gasteiger partial charge in [0, 0.05) is 35.9 Å². The van der Waals surface area contributed by atoms with E-state index < -0.39 is 5.97 Å². The van der Waals surface area contributed by atoms with Gasteiger partial charge in [-0.15, -0.1) is 0 Å². The third kappa shape index (κ3) is 5.12. The first-order valence-electron chi connectivity index (χ1n) is 10.9. The highest BCUT2D eigenvalue weighted by atomic mass is 16.5. The lowest BCUT2D eigenvalue weighted by atomic mass is 10.0. The minimum atomic E-state index is -0.466. The van der Waals surface area contributed by atoms with Gasteiger partial charge in [-0.05, 0) is 55.3 Å². The molecule has 34 heavy (non-hydrogen) atoms. The van der Waals surface area contributed by atoms with Crippen molar-refractivity contribution in [3.8, 4) is 16.8 Å². The lowest BCUT2D eigenvalue weighted by Gasteiger charge is -2.09. The number of benzene rings is 2. The second kappa shape index (κ2) is 10.4. The van der Waals surface area contributed by atoms with Gasteiger partial charge in [0.1, 0.15) is 0 Å². The summed E-state index contributed by atoms with van der Waals surface area (Å²) in [6, 6.07) is 20.3. The summed E-state index contributed by atoms with van der Waals surface area (Å²) >= 11 is 0. The highest BCUT2D eigenvalue weighted by Crippen LogP contribution is 2.30. The number of nitrogens with zero attached hydrogens (tertiary/aromatic N) is 3. The molecule has 0 spiro atoms. The Kier molecular flexibility index (Phi) is 6.98. The summed E-state index contributed by atoms with van der Waals surface area (Å²) in [5, 5.41) is 10.2. The molecule has 0 saturated carbocycles. The molecule has 8 heteroatoms. The first-order valence-corrected chi connectivity index (χ1v) is 10.9. The number of ether oxygens (including phenoxy) is 1. The summed E-state index contributed by atoms with van der Waals surface area (Å²) in [5.74, 6) is -0.466. The standard InChI is InChI=1S/C26H25N5O3/c1-3-34-25(32)24-23(20-9-5-4-6-10-20)18(2)31(30-24)22-13-11-21(12-14-22)29-26(33)28-17-19-8-7-15-27-16-19/h4-16H,3,17H2,1-2H3,(H2,28,29,33). The molecule has 172 valence electrons. The third-order valence-corrected chi connectivity index (χ3v) is 5.19. The molecule has 0 aliphatic heterocycles. The van der Waals surface area contributed by atoms with Gasteiger partial charge in [0.25, 0.3) is 0 Å². The lowest BCUT2D eigenvalue weighted by molar-refractivity contribution is 0.0520. The van der Waals surface area contributed by atoms with E-state index in [4.69, 9.17) is 4.74 Å². The number of urea groups is 1. The molecule has 2 aromatic carbocycles. The van der Waals surface area contributed by atoms with Crippen LogP contribution in [0.5, 0.6) is 0 Å². The normalized spacial score (nSPS) is 10.5. The van der Waals surface area contributed by atoms with Crippen molar-refractivity contribution >= 4 is 17.7 Å². The highest BCUT2D eigenvalue weighted by Gasteiger charge is 2.23. The predicted molar refractivity (Wildman–Crippen MR) is 130 cm³/mol. The number of aromatic nitrogens is 3. The highest BCUT2D eigenvalue weighted by molar-refractivity contribution is 5.96. The molecule has 2 N–H and O–H groups in total. The molecule has 0 unspecified atom stereocenters. The van der Waals surface area contributed by atoms with Crippen LogP contribution in [0.15, 0.2) is 79.1 Å². The largest absolute Gasteiger partial charge is 0.461 e. The number of nitrogens with one attached hydrogen (secondary N) is 2. The first-order chi connectivity index (χ1) is 16.6. The van der Waals surface area contributed by atoms with Gasteiger partial charge in [-0.1, -0.05) is 36.4 Å². The van der Waals surface area contributed by atoms with E-state index >= 15 is 0 Å². The topological polar surface area (TPSA) is 98.1 Å². The van der Waals surface area contributed by atoms with Crippen LogP contribution in [0.1, 0.15) is 28.7 Å². The summed E-state index contributed by atoms with van der Waals surface area (Å²) in [6.07, 6.45) is 3.39. The number of carbonyl (C=O) groups is 2. The lowest BCUT2D eigenvalue weighted by Crippen LogP contribution is -2.28. The second-order valence-electron chi connectivity index (χ2n) is 7.52. The molecule has 4 aromatic rings. The summed E-state index contributed by atoms with van der Waals surface area (Å²) in [5.41, 5.74) is 4.99. The number of rotatable bonds is 7. The fraction of sp³-hybridized carbons (Fsp3) is 0.154. The molecule has 2 aromatic heterocycles. The van der Waals surface area contributed by atoms with Crippen LogP contribution in [0.2, 0.25) is 0 Å². The maximum Gasteiger partial charge on any atom is 0.359 e. The fourth-order valence-corrected chi connectivity index (χ4v) is 3.59. The van der Waals surface area contributed by atoms with E-state index in [1.54, 1.807) is 36.1 Å². The van der Waals surface area contributed by atoms with E-state index in [0.717, 1.165) is 28.1 Å².